The van der Waals surface area contributed by atoms with Crippen molar-refractivity contribution in [3.8, 4) is 0 Å². The van der Waals surface area contributed by atoms with Crippen molar-refractivity contribution in [1.29, 1.82) is 0 Å². The van der Waals surface area contributed by atoms with Crippen LogP contribution >= 0.6 is 0 Å². The van der Waals surface area contributed by atoms with Gasteiger partial charge in [0.1, 0.15) is 11.1 Å². The first-order valence-electron chi connectivity index (χ1n) is 5.59. The van der Waals surface area contributed by atoms with Gasteiger partial charge >= 0.3 is 11.9 Å². The summed E-state index contributed by atoms with van der Waals surface area (Å²) < 4.78 is 9.51. The van der Waals surface area contributed by atoms with E-state index in [4.69, 9.17) is 9.47 Å². The third kappa shape index (κ3) is 2.77. The van der Waals surface area contributed by atoms with E-state index in [2.05, 4.69) is 4.98 Å². The van der Waals surface area contributed by atoms with Crippen LogP contribution in [0.15, 0.2) is 11.0 Å². The molecule has 0 saturated heterocycles. The summed E-state index contributed by atoms with van der Waals surface area (Å²) in [5, 5.41) is 0. The minimum absolute atomic E-state index is 0.154. The molecule has 18 heavy (non-hydrogen) atoms. The monoisotopic (exact) mass is 253 g/mol. The van der Waals surface area contributed by atoms with E-state index in [9.17, 15) is 14.4 Å². The van der Waals surface area contributed by atoms with Gasteiger partial charge in [-0.15, -0.1) is 0 Å². The Kier molecular flexibility index (Phi) is 4.65. The number of H-pyrrole nitrogens is 1. The second-order valence-electron chi connectivity index (χ2n) is 3.47. The number of hydrogen-bond donors (Lipinski definition) is 1. The van der Waals surface area contributed by atoms with Gasteiger partial charge in [-0.05, 0) is 20.8 Å². The van der Waals surface area contributed by atoms with Crippen molar-refractivity contribution in [2.75, 3.05) is 13.2 Å². The molecule has 6 nitrogen and oxygen atoms in total. The molecule has 0 unspecified atom stereocenters. The van der Waals surface area contributed by atoms with Gasteiger partial charge in [0.2, 0.25) is 5.43 Å². The third-order valence-electron chi connectivity index (χ3n) is 2.25. The topological polar surface area (TPSA) is 85.5 Å². The molecule has 0 aliphatic carbocycles. The molecular weight excluding hydrogens is 238 g/mol. The van der Waals surface area contributed by atoms with Gasteiger partial charge in [0, 0.05) is 11.9 Å². The minimum Gasteiger partial charge on any atom is -0.462 e. The van der Waals surface area contributed by atoms with Crippen molar-refractivity contribution in [3.05, 3.63) is 33.2 Å². The van der Waals surface area contributed by atoms with Gasteiger partial charge in [0.25, 0.3) is 0 Å². The van der Waals surface area contributed by atoms with Gasteiger partial charge in [-0.25, -0.2) is 9.59 Å². The first-order valence-corrected chi connectivity index (χ1v) is 5.59. The number of nitrogens with one attached hydrogen (secondary N) is 1. The number of aromatic amines is 1. The molecule has 1 N–H and O–H groups in total. The van der Waals surface area contributed by atoms with E-state index in [0.717, 1.165) is 0 Å². The number of aromatic nitrogens is 1. The average Bonchev–Trinajstić information content (AvgIpc) is 2.29. The quantitative estimate of drug-likeness (QED) is 0.810. The summed E-state index contributed by atoms with van der Waals surface area (Å²) in [5.41, 5.74) is -0.692. The third-order valence-corrected chi connectivity index (χ3v) is 2.25. The summed E-state index contributed by atoms with van der Waals surface area (Å²) in [6.45, 7) is 5.13. The van der Waals surface area contributed by atoms with Gasteiger partial charge in [-0.2, -0.15) is 0 Å². The zero-order valence-corrected chi connectivity index (χ0v) is 10.5. The van der Waals surface area contributed by atoms with Crippen molar-refractivity contribution >= 4 is 11.9 Å². The largest absolute Gasteiger partial charge is 0.462 e. The molecule has 0 amide bonds. The van der Waals surface area contributed by atoms with Crippen LogP contribution in [0.3, 0.4) is 0 Å². The first-order chi connectivity index (χ1) is 8.52. The Bertz CT molecular complexity index is 518. The minimum atomic E-state index is -0.760. The molecule has 1 rings (SSSR count). The van der Waals surface area contributed by atoms with E-state index in [1.807, 2.05) is 0 Å². The molecule has 0 bridgehead atoms. The molecular formula is C12H15NO5. The second-order valence-corrected chi connectivity index (χ2v) is 3.47. The molecule has 1 heterocycles. The number of ether oxygens (including phenoxy) is 2. The molecule has 0 fully saturated rings. The van der Waals surface area contributed by atoms with E-state index < -0.39 is 17.4 Å². The summed E-state index contributed by atoms with van der Waals surface area (Å²) in [7, 11) is 0. The Labute approximate surface area is 104 Å². The predicted molar refractivity (Wildman–Crippen MR) is 63.7 cm³/mol. The van der Waals surface area contributed by atoms with Gasteiger partial charge in [0.15, 0.2) is 0 Å². The molecule has 0 aliphatic rings. The number of esters is 2. The smallest absolute Gasteiger partial charge is 0.343 e. The lowest BCUT2D eigenvalue weighted by Gasteiger charge is -2.07. The molecule has 1 aromatic rings. The molecule has 6 heteroatoms. The van der Waals surface area contributed by atoms with Crippen LogP contribution in [0.2, 0.25) is 0 Å². The summed E-state index contributed by atoms with van der Waals surface area (Å²) in [5.74, 6) is -1.51. The SMILES string of the molecule is CCOC(=O)c1c[nH]c(C)c(C(=O)OCC)c1=O. The van der Waals surface area contributed by atoms with Gasteiger partial charge in [-0.1, -0.05) is 0 Å². The zero-order valence-electron chi connectivity index (χ0n) is 10.5. The van der Waals surface area contributed by atoms with E-state index in [1.165, 1.54) is 6.20 Å². The highest BCUT2D eigenvalue weighted by Gasteiger charge is 2.21. The van der Waals surface area contributed by atoms with Crippen LogP contribution in [0, 0.1) is 6.92 Å². The second kappa shape index (κ2) is 6.00. The predicted octanol–water partition coefficient (Wildman–Crippen LogP) is 1.04. The number of carbonyl (C=O) groups is 2. The Morgan fingerprint density at radius 2 is 1.72 bits per heavy atom. The first kappa shape index (κ1) is 14.0. The van der Waals surface area contributed by atoms with E-state index >= 15 is 0 Å². The molecule has 1 aromatic heterocycles. The normalized spacial score (nSPS) is 9.94. The Hall–Kier alpha value is -2.11. The van der Waals surface area contributed by atoms with Crippen molar-refractivity contribution in [1.82, 2.24) is 4.98 Å². The lowest BCUT2D eigenvalue weighted by atomic mass is 10.1. The molecule has 0 saturated carbocycles. The van der Waals surface area contributed by atoms with Crippen LogP contribution in [0.25, 0.3) is 0 Å². The van der Waals surface area contributed by atoms with Gasteiger partial charge in [0.05, 0.1) is 13.2 Å². The van der Waals surface area contributed by atoms with Crippen LogP contribution in [-0.2, 0) is 9.47 Å². The number of hydrogen-bond acceptors (Lipinski definition) is 5. The number of rotatable bonds is 4. The summed E-state index contributed by atoms with van der Waals surface area (Å²) in [6.07, 6.45) is 1.23. The van der Waals surface area contributed by atoms with Gasteiger partial charge in [-0.3, -0.25) is 4.79 Å². The van der Waals surface area contributed by atoms with Crippen molar-refractivity contribution in [2.24, 2.45) is 0 Å². The van der Waals surface area contributed by atoms with E-state index in [-0.39, 0.29) is 24.3 Å². The number of pyridine rings is 1. The highest BCUT2D eigenvalue weighted by atomic mass is 16.5. The Morgan fingerprint density at radius 1 is 1.17 bits per heavy atom. The molecule has 0 aliphatic heterocycles. The fraction of sp³-hybridized carbons (Fsp3) is 0.417. The number of aryl methyl sites for hydroxylation is 1. The summed E-state index contributed by atoms with van der Waals surface area (Å²) >= 11 is 0. The molecule has 98 valence electrons. The van der Waals surface area contributed by atoms with Crippen LogP contribution in [0.5, 0.6) is 0 Å². The maximum Gasteiger partial charge on any atom is 0.343 e. The van der Waals surface area contributed by atoms with E-state index in [1.54, 1.807) is 20.8 Å². The number of carbonyl (C=O) groups excluding carboxylic acids is 2. The van der Waals surface area contributed by atoms with Crippen molar-refractivity contribution in [3.63, 3.8) is 0 Å². The Morgan fingerprint density at radius 3 is 2.28 bits per heavy atom. The molecule has 0 aromatic carbocycles. The molecule has 0 atom stereocenters. The standard InChI is InChI=1S/C12H15NO5/c1-4-17-11(15)8-6-13-7(3)9(10(8)14)12(16)18-5-2/h6H,4-5H2,1-3H3,(H,13,14). The van der Waals surface area contributed by atoms with E-state index in [0.29, 0.717) is 5.69 Å². The fourth-order valence-electron chi connectivity index (χ4n) is 1.43. The Balaban J connectivity index is 3.27. The van der Waals surface area contributed by atoms with Crippen LogP contribution in [0.4, 0.5) is 0 Å². The average molecular weight is 253 g/mol. The lowest BCUT2D eigenvalue weighted by Crippen LogP contribution is -2.26. The lowest BCUT2D eigenvalue weighted by molar-refractivity contribution is 0.0520. The zero-order chi connectivity index (χ0) is 13.7. The molecule has 0 radical (unpaired) electrons. The van der Waals surface area contributed by atoms with Gasteiger partial charge < -0.3 is 14.5 Å². The summed E-state index contributed by atoms with van der Waals surface area (Å²) in [6, 6.07) is 0. The fourth-order valence-corrected chi connectivity index (χ4v) is 1.43. The van der Waals surface area contributed by atoms with Crippen molar-refractivity contribution in [2.45, 2.75) is 20.8 Å². The van der Waals surface area contributed by atoms with Crippen LogP contribution in [-0.4, -0.2) is 30.1 Å². The van der Waals surface area contributed by atoms with Crippen LogP contribution < -0.4 is 5.43 Å². The van der Waals surface area contributed by atoms with Crippen molar-refractivity contribution < 1.29 is 19.1 Å². The molecule has 0 spiro atoms. The maximum absolute atomic E-state index is 12.0. The summed E-state index contributed by atoms with van der Waals surface area (Å²) in [4.78, 5) is 37.8. The highest BCUT2D eigenvalue weighted by Crippen LogP contribution is 2.04. The highest BCUT2D eigenvalue weighted by molar-refractivity contribution is 5.95. The maximum atomic E-state index is 12.0. The van der Waals surface area contributed by atoms with Crippen LogP contribution in [0.1, 0.15) is 40.3 Å².